The highest BCUT2D eigenvalue weighted by atomic mass is 16.6. The van der Waals surface area contributed by atoms with Gasteiger partial charge in [-0.1, -0.05) is 44.2 Å². The Hall–Kier alpha value is -2.08. The summed E-state index contributed by atoms with van der Waals surface area (Å²) in [6.45, 7) is 11.6. The molecule has 2 atom stereocenters. The average molecular weight is 405 g/mol. The standard InChI is InChI=1S/C23H36N2O4/c1-17(2)20(14-24-22(27)29-23(3,4)5)21(26)25-13-9-12-19(25)16-28-15-18-10-7-6-8-11-18/h6-8,10-11,17,19-20H,9,12-16H2,1-5H3,(H,24,27)/t19-,20-/m0/s1. The molecule has 1 aliphatic heterocycles. The summed E-state index contributed by atoms with van der Waals surface area (Å²) in [5.74, 6) is -0.0805. The van der Waals surface area contributed by atoms with Gasteiger partial charge < -0.3 is 19.7 Å². The van der Waals surface area contributed by atoms with E-state index in [2.05, 4.69) is 5.32 Å². The highest BCUT2D eigenvalue weighted by Gasteiger charge is 2.35. The van der Waals surface area contributed by atoms with Gasteiger partial charge in [-0.25, -0.2) is 4.79 Å². The molecule has 6 heteroatoms. The number of hydrogen-bond donors (Lipinski definition) is 1. The number of benzene rings is 1. The van der Waals surface area contributed by atoms with Crippen molar-refractivity contribution in [1.29, 1.82) is 0 Å². The van der Waals surface area contributed by atoms with Crippen molar-refractivity contribution in [3.05, 3.63) is 35.9 Å². The first-order valence-electron chi connectivity index (χ1n) is 10.6. The first-order valence-corrected chi connectivity index (χ1v) is 10.6. The molecule has 0 aromatic heterocycles. The van der Waals surface area contributed by atoms with Crippen molar-refractivity contribution in [2.75, 3.05) is 19.7 Å². The summed E-state index contributed by atoms with van der Waals surface area (Å²) in [5, 5.41) is 2.76. The maximum Gasteiger partial charge on any atom is 0.407 e. The fourth-order valence-electron chi connectivity index (χ4n) is 3.51. The van der Waals surface area contributed by atoms with E-state index in [0.29, 0.717) is 13.2 Å². The molecule has 1 aliphatic rings. The lowest BCUT2D eigenvalue weighted by Crippen LogP contribution is -2.47. The molecule has 1 heterocycles. The molecule has 1 aromatic rings. The van der Waals surface area contributed by atoms with Crippen molar-refractivity contribution >= 4 is 12.0 Å². The number of carbonyl (C=O) groups excluding carboxylic acids is 2. The minimum absolute atomic E-state index is 0.0851. The van der Waals surface area contributed by atoms with Crippen molar-refractivity contribution < 1.29 is 19.1 Å². The van der Waals surface area contributed by atoms with Crippen molar-refractivity contribution in [2.24, 2.45) is 11.8 Å². The Labute approximate surface area is 174 Å². The SMILES string of the molecule is CC(C)[C@H](CNC(=O)OC(C)(C)C)C(=O)N1CCC[C@H]1COCc1ccccc1. The van der Waals surface area contributed by atoms with E-state index in [1.54, 1.807) is 0 Å². The number of likely N-dealkylation sites (tertiary alicyclic amines) is 1. The number of nitrogens with one attached hydrogen (secondary N) is 1. The van der Waals surface area contributed by atoms with Crippen LogP contribution in [0.1, 0.15) is 53.0 Å². The van der Waals surface area contributed by atoms with Crippen LogP contribution in [0.15, 0.2) is 30.3 Å². The number of amides is 2. The van der Waals surface area contributed by atoms with Gasteiger partial charge in [0.15, 0.2) is 0 Å². The molecule has 1 aromatic carbocycles. The lowest BCUT2D eigenvalue weighted by molar-refractivity contribution is -0.138. The lowest BCUT2D eigenvalue weighted by Gasteiger charge is -2.31. The van der Waals surface area contributed by atoms with E-state index in [1.165, 1.54) is 0 Å². The third kappa shape index (κ3) is 7.69. The summed E-state index contributed by atoms with van der Waals surface area (Å²) in [6, 6.07) is 10.1. The summed E-state index contributed by atoms with van der Waals surface area (Å²) in [4.78, 5) is 27.1. The van der Waals surface area contributed by atoms with Crippen LogP contribution in [0.3, 0.4) is 0 Å². The molecule has 29 heavy (non-hydrogen) atoms. The zero-order valence-corrected chi connectivity index (χ0v) is 18.4. The van der Waals surface area contributed by atoms with E-state index in [-0.39, 0.29) is 30.3 Å². The van der Waals surface area contributed by atoms with Gasteiger partial charge in [0.25, 0.3) is 0 Å². The van der Waals surface area contributed by atoms with Crippen LogP contribution in [0.5, 0.6) is 0 Å². The maximum atomic E-state index is 13.2. The molecule has 1 saturated heterocycles. The minimum atomic E-state index is -0.558. The molecule has 0 spiro atoms. The molecule has 0 saturated carbocycles. The molecular weight excluding hydrogens is 368 g/mol. The molecule has 0 radical (unpaired) electrons. The van der Waals surface area contributed by atoms with E-state index < -0.39 is 11.7 Å². The maximum absolute atomic E-state index is 13.2. The van der Waals surface area contributed by atoms with E-state index >= 15 is 0 Å². The molecule has 162 valence electrons. The van der Waals surface area contributed by atoms with Crippen LogP contribution >= 0.6 is 0 Å². The van der Waals surface area contributed by atoms with Crippen molar-refractivity contribution in [2.45, 2.75) is 65.7 Å². The number of nitrogens with zero attached hydrogens (tertiary/aromatic N) is 1. The molecule has 1 fully saturated rings. The Morgan fingerprint density at radius 1 is 1.21 bits per heavy atom. The number of ether oxygens (including phenoxy) is 2. The molecule has 6 nitrogen and oxygen atoms in total. The highest BCUT2D eigenvalue weighted by Crippen LogP contribution is 2.23. The van der Waals surface area contributed by atoms with Gasteiger partial charge in [-0.3, -0.25) is 4.79 Å². The van der Waals surface area contributed by atoms with Gasteiger partial charge in [-0.05, 0) is 45.1 Å². The summed E-state index contributed by atoms with van der Waals surface area (Å²) >= 11 is 0. The first kappa shape index (κ1) is 23.2. The van der Waals surface area contributed by atoms with Gasteiger partial charge in [0.1, 0.15) is 5.60 Å². The summed E-state index contributed by atoms with van der Waals surface area (Å²) < 4.78 is 11.2. The first-order chi connectivity index (χ1) is 13.7. The summed E-state index contributed by atoms with van der Waals surface area (Å²) in [5.41, 5.74) is 0.572. The van der Waals surface area contributed by atoms with Gasteiger partial charge in [0.05, 0.1) is 25.2 Å². The minimum Gasteiger partial charge on any atom is -0.444 e. The van der Waals surface area contributed by atoms with Crippen LogP contribution < -0.4 is 5.32 Å². The number of carbonyl (C=O) groups is 2. The quantitative estimate of drug-likeness (QED) is 0.711. The van der Waals surface area contributed by atoms with Crippen LogP contribution in [0, 0.1) is 11.8 Å². The second kappa shape index (κ2) is 10.6. The van der Waals surface area contributed by atoms with Gasteiger partial charge >= 0.3 is 6.09 Å². The number of hydrogen-bond acceptors (Lipinski definition) is 4. The highest BCUT2D eigenvalue weighted by molar-refractivity contribution is 5.80. The molecule has 0 aliphatic carbocycles. The van der Waals surface area contributed by atoms with Crippen molar-refractivity contribution in [1.82, 2.24) is 10.2 Å². The zero-order chi connectivity index (χ0) is 21.4. The van der Waals surface area contributed by atoms with Gasteiger partial charge in [0, 0.05) is 13.1 Å². The predicted molar refractivity (Wildman–Crippen MR) is 113 cm³/mol. The van der Waals surface area contributed by atoms with E-state index in [1.807, 2.05) is 69.9 Å². The average Bonchev–Trinajstić information content (AvgIpc) is 3.09. The molecule has 0 bridgehead atoms. The Kier molecular flexibility index (Phi) is 8.50. The fraction of sp³-hybridized carbons (Fsp3) is 0.652. The monoisotopic (exact) mass is 404 g/mol. The number of rotatable bonds is 8. The fourth-order valence-corrected chi connectivity index (χ4v) is 3.51. The Morgan fingerprint density at radius 3 is 2.52 bits per heavy atom. The zero-order valence-electron chi connectivity index (χ0n) is 18.4. The van der Waals surface area contributed by atoms with Crippen LogP contribution in [-0.2, 0) is 20.9 Å². The Bertz CT molecular complexity index is 655. The molecule has 0 unspecified atom stereocenters. The predicted octanol–water partition coefficient (Wildman–Crippen LogP) is 3.99. The topological polar surface area (TPSA) is 67.9 Å². The molecule has 1 N–H and O–H groups in total. The van der Waals surface area contributed by atoms with Crippen molar-refractivity contribution in [3.63, 3.8) is 0 Å². The second-order valence-electron chi connectivity index (χ2n) is 9.06. The van der Waals surface area contributed by atoms with Gasteiger partial charge in [-0.2, -0.15) is 0 Å². The van der Waals surface area contributed by atoms with E-state index in [0.717, 1.165) is 24.9 Å². The smallest absolute Gasteiger partial charge is 0.407 e. The third-order valence-electron chi connectivity index (χ3n) is 5.07. The van der Waals surface area contributed by atoms with Crippen LogP contribution in [0.4, 0.5) is 4.79 Å². The van der Waals surface area contributed by atoms with Gasteiger partial charge in [-0.15, -0.1) is 0 Å². The van der Waals surface area contributed by atoms with E-state index in [9.17, 15) is 9.59 Å². The molecule has 2 amide bonds. The Balaban J connectivity index is 1.88. The molecular formula is C23H36N2O4. The normalized spacial score (nSPS) is 18.0. The Morgan fingerprint density at radius 2 is 1.90 bits per heavy atom. The van der Waals surface area contributed by atoms with Crippen LogP contribution in [-0.4, -0.2) is 48.2 Å². The van der Waals surface area contributed by atoms with Crippen LogP contribution in [0.25, 0.3) is 0 Å². The van der Waals surface area contributed by atoms with Gasteiger partial charge in [0.2, 0.25) is 5.91 Å². The summed E-state index contributed by atoms with van der Waals surface area (Å²) in [7, 11) is 0. The largest absolute Gasteiger partial charge is 0.444 e. The lowest BCUT2D eigenvalue weighted by atomic mass is 9.94. The summed E-state index contributed by atoms with van der Waals surface area (Å²) in [6.07, 6.45) is 1.44. The number of alkyl carbamates (subject to hydrolysis) is 1. The molecule has 2 rings (SSSR count). The van der Waals surface area contributed by atoms with E-state index in [4.69, 9.17) is 9.47 Å². The second-order valence-corrected chi connectivity index (χ2v) is 9.06. The van der Waals surface area contributed by atoms with Crippen molar-refractivity contribution in [3.8, 4) is 0 Å². The third-order valence-corrected chi connectivity index (χ3v) is 5.07. The van der Waals surface area contributed by atoms with Crippen LogP contribution in [0.2, 0.25) is 0 Å².